The van der Waals surface area contributed by atoms with Gasteiger partial charge >= 0.3 is 0 Å². The van der Waals surface area contributed by atoms with E-state index in [4.69, 9.17) is 17.3 Å². The van der Waals surface area contributed by atoms with E-state index in [-0.39, 0.29) is 5.69 Å². The van der Waals surface area contributed by atoms with E-state index in [2.05, 4.69) is 0 Å². The normalized spacial score (nSPS) is 11.1. The monoisotopic (exact) mass is 260 g/mol. The quantitative estimate of drug-likeness (QED) is 0.639. The van der Waals surface area contributed by atoms with Crippen LogP contribution in [0, 0.1) is 11.6 Å². The Hall–Kier alpha value is -1.95. The highest BCUT2D eigenvalue weighted by Gasteiger charge is 2.17. The molecule has 0 saturated heterocycles. The summed E-state index contributed by atoms with van der Waals surface area (Å²) in [5.74, 6) is -4.00. The third-order valence-corrected chi connectivity index (χ3v) is 1.99. The van der Waals surface area contributed by atoms with Gasteiger partial charge in [0.2, 0.25) is 0 Å². The molecule has 1 aromatic rings. The number of halogens is 3. The van der Waals surface area contributed by atoms with Crippen LogP contribution in [0.3, 0.4) is 0 Å². The third-order valence-electron chi connectivity index (χ3n) is 1.69. The summed E-state index contributed by atoms with van der Waals surface area (Å²) >= 11 is 5.32. The van der Waals surface area contributed by atoms with Gasteiger partial charge in [-0.05, 0) is 12.1 Å². The molecule has 0 bridgehead atoms. The van der Waals surface area contributed by atoms with Gasteiger partial charge in [0, 0.05) is 18.0 Å². The second-order valence-electron chi connectivity index (χ2n) is 2.96. The number of ketones is 1. The number of rotatable bonds is 3. The predicted octanol–water partition coefficient (Wildman–Crippen LogP) is 1.51. The van der Waals surface area contributed by atoms with Crippen molar-refractivity contribution in [2.75, 3.05) is 5.32 Å². The summed E-state index contributed by atoms with van der Waals surface area (Å²) in [5, 5.41) is 1.50. The Labute approximate surface area is 100 Å². The molecule has 90 valence electrons. The van der Waals surface area contributed by atoms with Crippen molar-refractivity contribution in [2.24, 2.45) is 5.73 Å². The lowest BCUT2D eigenvalue weighted by Gasteiger charge is -2.04. The second kappa shape index (κ2) is 5.40. The van der Waals surface area contributed by atoms with Gasteiger partial charge < -0.3 is 11.1 Å². The van der Waals surface area contributed by atoms with Crippen LogP contribution in [0.25, 0.3) is 0 Å². The molecule has 0 aliphatic carbocycles. The van der Waals surface area contributed by atoms with Gasteiger partial charge in [0.25, 0.3) is 11.7 Å². The zero-order valence-corrected chi connectivity index (χ0v) is 9.09. The molecule has 1 rings (SSSR count). The van der Waals surface area contributed by atoms with Crippen LogP contribution in [0.5, 0.6) is 0 Å². The molecule has 0 radical (unpaired) electrons. The van der Waals surface area contributed by atoms with Gasteiger partial charge in [-0.2, -0.15) is 0 Å². The highest BCUT2D eigenvalue weighted by atomic mass is 35.5. The Balaban J connectivity index is 2.85. The summed E-state index contributed by atoms with van der Waals surface area (Å²) in [4.78, 5) is 22.4. The highest BCUT2D eigenvalue weighted by molar-refractivity contribution is 6.59. The van der Waals surface area contributed by atoms with Crippen molar-refractivity contribution in [1.82, 2.24) is 0 Å². The van der Waals surface area contributed by atoms with E-state index in [9.17, 15) is 18.4 Å². The summed E-state index contributed by atoms with van der Waals surface area (Å²) in [6.45, 7) is 0. The summed E-state index contributed by atoms with van der Waals surface area (Å²) in [5.41, 5.74) is 4.75. The number of carbonyl (C=O) groups excluding carboxylic acids is 2. The van der Waals surface area contributed by atoms with Crippen molar-refractivity contribution >= 4 is 29.0 Å². The molecule has 0 aliphatic rings. The lowest BCUT2D eigenvalue weighted by Crippen LogP contribution is -2.23. The molecular weight excluding hydrogens is 254 g/mol. The minimum absolute atomic E-state index is 0.192. The molecule has 0 saturated carbocycles. The average Bonchev–Trinajstić information content (AvgIpc) is 2.25. The van der Waals surface area contributed by atoms with E-state index in [1.54, 1.807) is 0 Å². The fraction of sp³-hybridized carbons (Fsp3) is 0. The molecule has 0 atom stereocenters. The molecule has 0 spiro atoms. The molecular formula is C10H7ClF2N2O2. The Morgan fingerprint density at radius 3 is 2.24 bits per heavy atom. The number of nitrogens with two attached hydrogens (primary N) is 1. The van der Waals surface area contributed by atoms with E-state index >= 15 is 0 Å². The molecule has 17 heavy (non-hydrogen) atoms. The zero-order valence-electron chi connectivity index (χ0n) is 8.34. The first-order valence-electron chi connectivity index (χ1n) is 4.33. The molecule has 1 amide bonds. The van der Waals surface area contributed by atoms with Crippen LogP contribution in [0.1, 0.15) is 0 Å². The summed E-state index contributed by atoms with van der Waals surface area (Å²) < 4.78 is 25.5. The van der Waals surface area contributed by atoms with Gasteiger partial charge in [-0.25, -0.2) is 8.78 Å². The maximum absolute atomic E-state index is 12.8. The Bertz CT molecular complexity index is 483. The Kier molecular flexibility index (Phi) is 4.17. The van der Waals surface area contributed by atoms with Crippen LogP contribution in [-0.2, 0) is 9.59 Å². The van der Waals surface area contributed by atoms with Gasteiger partial charge in [-0.15, -0.1) is 0 Å². The van der Waals surface area contributed by atoms with E-state index < -0.39 is 28.4 Å². The van der Waals surface area contributed by atoms with Crippen molar-refractivity contribution in [3.63, 3.8) is 0 Å². The largest absolute Gasteiger partial charge is 0.403 e. The van der Waals surface area contributed by atoms with Crippen molar-refractivity contribution in [3.05, 3.63) is 41.1 Å². The number of Topliss-reactive ketones (excluding diaryl/α,β-unsaturated/α-hetero) is 1. The number of hydrogen-bond donors (Lipinski definition) is 2. The summed E-state index contributed by atoms with van der Waals surface area (Å²) in [7, 11) is 0. The molecule has 0 aromatic heterocycles. The number of nitrogens with one attached hydrogen (secondary N) is 1. The van der Waals surface area contributed by atoms with Crippen LogP contribution < -0.4 is 11.1 Å². The molecule has 3 N–H and O–H groups in total. The van der Waals surface area contributed by atoms with E-state index in [0.717, 1.165) is 18.3 Å². The molecule has 4 nitrogen and oxygen atoms in total. The smallest absolute Gasteiger partial charge is 0.297 e. The third kappa shape index (κ3) is 3.53. The average molecular weight is 261 g/mol. The van der Waals surface area contributed by atoms with Crippen LogP contribution in [0.2, 0.25) is 0 Å². The van der Waals surface area contributed by atoms with E-state index in [1.165, 1.54) is 0 Å². The molecule has 1 aromatic carbocycles. The van der Waals surface area contributed by atoms with Gasteiger partial charge in [-0.3, -0.25) is 9.59 Å². The standard InChI is InChI=1S/C10H7ClF2N2O2/c11-8(4-14)9(16)10(17)15-7-2-5(12)1-6(13)3-7/h1-4H,14H2,(H,15,17)/b8-4+. The molecule has 0 unspecified atom stereocenters. The van der Waals surface area contributed by atoms with Crippen molar-refractivity contribution in [1.29, 1.82) is 0 Å². The first-order valence-corrected chi connectivity index (χ1v) is 4.71. The number of carbonyl (C=O) groups is 2. The molecule has 0 aliphatic heterocycles. The summed E-state index contributed by atoms with van der Waals surface area (Å²) in [6.07, 6.45) is 0.746. The number of amides is 1. The zero-order chi connectivity index (χ0) is 13.0. The molecule has 0 heterocycles. The maximum Gasteiger partial charge on any atom is 0.297 e. The van der Waals surface area contributed by atoms with Crippen molar-refractivity contribution < 1.29 is 18.4 Å². The number of benzene rings is 1. The SMILES string of the molecule is N/C=C(/Cl)C(=O)C(=O)Nc1cc(F)cc(F)c1. The lowest BCUT2D eigenvalue weighted by molar-refractivity contribution is -0.132. The number of anilines is 1. The Morgan fingerprint density at radius 1 is 1.24 bits per heavy atom. The van der Waals surface area contributed by atoms with Gasteiger partial charge in [0.15, 0.2) is 0 Å². The van der Waals surface area contributed by atoms with Crippen molar-refractivity contribution in [3.8, 4) is 0 Å². The van der Waals surface area contributed by atoms with Gasteiger partial charge in [0.1, 0.15) is 16.7 Å². The fourth-order valence-electron chi connectivity index (χ4n) is 0.998. The van der Waals surface area contributed by atoms with Crippen LogP contribution >= 0.6 is 11.6 Å². The van der Waals surface area contributed by atoms with Crippen molar-refractivity contribution in [2.45, 2.75) is 0 Å². The number of hydrogen-bond acceptors (Lipinski definition) is 3. The fourth-order valence-corrected chi connectivity index (χ4v) is 1.08. The topological polar surface area (TPSA) is 72.2 Å². The Morgan fingerprint density at radius 2 is 1.76 bits per heavy atom. The minimum Gasteiger partial charge on any atom is -0.403 e. The lowest BCUT2D eigenvalue weighted by atomic mass is 10.2. The summed E-state index contributed by atoms with van der Waals surface area (Å²) in [6, 6.07) is 2.34. The van der Waals surface area contributed by atoms with Gasteiger partial charge in [0.05, 0.1) is 0 Å². The first kappa shape index (κ1) is 13.1. The predicted molar refractivity (Wildman–Crippen MR) is 58.1 cm³/mol. The van der Waals surface area contributed by atoms with Crippen LogP contribution in [-0.4, -0.2) is 11.7 Å². The second-order valence-corrected chi connectivity index (χ2v) is 3.36. The first-order chi connectivity index (χ1) is 7.93. The molecule has 7 heteroatoms. The van der Waals surface area contributed by atoms with E-state index in [1.807, 2.05) is 5.32 Å². The van der Waals surface area contributed by atoms with Crippen LogP contribution in [0.4, 0.5) is 14.5 Å². The van der Waals surface area contributed by atoms with E-state index in [0.29, 0.717) is 6.07 Å². The molecule has 0 fully saturated rings. The van der Waals surface area contributed by atoms with Gasteiger partial charge in [-0.1, -0.05) is 11.6 Å². The highest BCUT2D eigenvalue weighted by Crippen LogP contribution is 2.13. The minimum atomic E-state index is -1.14. The van der Waals surface area contributed by atoms with Crippen LogP contribution in [0.15, 0.2) is 29.4 Å². The maximum atomic E-state index is 12.8.